The van der Waals surface area contributed by atoms with Crippen molar-refractivity contribution in [1.29, 1.82) is 0 Å². The molecular weight excluding hydrogens is 396 g/mol. The van der Waals surface area contributed by atoms with Crippen molar-refractivity contribution in [3.05, 3.63) is 71.1 Å². The summed E-state index contributed by atoms with van der Waals surface area (Å²) >= 11 is 1.32. The van der Waals surface area contributed by atoms with E-state index in [9.17, 15) is 4.79 Å². The highest BCUT2D eigenvalue weighted by atomic mass is 32.1. The number of furan rings is 2. The number of nitrogens with zero attached hydrogens (tertiary/aromatic N) is 3. The van der Waals surface area contributed by atoms with Gasteiger partial charge in [0.15, 0.2) is 5.13 Å². The third-order valence-electron chi connectivity index (χ3n) is 3.62. The molecule has 4 aromatic heterocycles. The Labute approximate surface area is 169 Å². The molecule has 0 bridgehead atoms. The summed E-state index contributed by atoms with van der Waals surface area (Å²) in [6.07, 6.45) is 3.09. The maximum Gasteiger partial charge on any atom is 0.320 e. The van der Waals surface area contributed by atoms with E-state index in [-0.39, 0.29) is 30.8 Å². The topological polar surface area (TPSA) is 113 Å². The molecule has 4 heterocycles. The molecule has 0 spiro atoms. The molecule has 0 aliphatic rings. The van der Waals surface area contributed by atoms with Gasteiger partial charge >= 0.3 is 6.01 Å². The van der Waals surface area contributed by atoms with E-state index in [2.05, 4.69) is 20.3 Å². The normalized spacial score (nSPS) is 10.7. The molecular formula is C19H16N4O5S. The van der Waals surface area contributed by atoms with Crippen molar-refractivity contribution in [2.75, 3.05) is 5.32 Å². The Bertz CT molecular complexity index is 1020. The number of hydrogen-bond donors (Lipinski definition) is 1. The van der Waals surface area contributed by atoms with Crippen LogP contribution in [0.5, 0.6) is 11.9 Å². The monoisotopic (exact) mass is 412 g/mol. The van der Waals surface area contributed by atoms with Crippen LogP contribution in [0.1, 0.15) is 27.7 Å². The van der Waals surface area contributed by atoms with Crippen LogP contribution in [-0.4, -0.2) is 20.9 Å². The van der Waals surface area contributed by atoms with Crippen molar-refractivity contribution in [2.24, 2.45) is 0 Å². The van der Waals surface area contributed by atoms with Crippen LogP contribution in [-0.2, 0) is 13.2 Å². The molecule has 0 aliphatic heterocycles. The minimum absolute atomic E-state index is 0.0150. The van der Waals surface area contributed by atoms with E-state index in [4.69, 9.17) is 18.3 Å². The number of ether oxygens (including phenoxy) is 2. The first-order valence-electron chi connectivity index (χ1n) is 8.58. The van der Waals surface area contributed by atoms with Crippen LogP contribution in [0.4, 0.5) is 5.13 Å². The molecule has 0 fully saturated rings. The molecule has 4 rings (SSSR count). The Morgan fingerprint density at radius 3 is 2.41 bits per heavy atom. The fourth-order valence-corrected chi connectivity index (χ4v) is 2.98. The fourth-order valence-electron chi connectivity index (χ4n) is 2.30. The van der Waals surface area contributed by atoms with E-state index in [0.717, 1.165) is 5.69 Å². The van der Waals surface area contributed by atoms with E-state index in [0.29, 0.717) is 16.7 Å². The summed E-state index contributed by atoms with van der Waals surface area (Å²) in [7, 11) is 0. The second-order valence-electron chi connectivity index (χ2n) is 5.86. The van der Waals surface area contributed by atoms with Crippen molar-refractivity contribution in [1.82, 2.24) is 15.0 Å². The third-order valence-corrected chi connectivity index (χ3v) is 4.50. The van der Waals surface area contributed by atoms with Crippen molar-refractivity contribution >= 4 is 22.4 Å². The summed E-state index contributed by atoms with van der Waals surface area (Å²) < 4.78 is 21.7. The van der Waals surface area contributed by atoms with Crippen molar-refractivity contribution < 1.29 is 23.1 Å². The highest BCUT2D eigenvalue weighted by Crippen LogP contribution is 2.20. The number of thiazole rings is 1. The summed E-state index contributed by atoms with van der Waals surface area (Å²) in [5, 5.41) is 5.02. The van der Waals surface area contributed by atoms with Crippen LogP contribution in [0.15, 0.2) is 57.1 Å². The van der Waals surface area contributed by atoms with Crippen molar-refractivity contribution in [3.8, 4) is 11.9 Å². The summed E-state index contributed by atoms with van der Waals surface area (Å²) in [6.45, 7) is 2.10. The van der Waals surface area contributed by atoms with Crippen LogP contribution in [0.3, 0.4) is 0 Å². The van der Waals surface area contributed by atoms with Crippen LogP contribution in [0.25, 0.3) is 0 Å². The maximum absolute atomic E-state index is 12.6. The van der Waals surface area contributed by atoms with Crippen LogP contribution in [0.2, 0.25) is 0 Å². The quantitative estimate of drug-likeness (QED) is 0.464. The molecule has 1 N–H and O–H groups in total. The number of amides is 1. The zero-order chi connectivity index (χ0) is 20.1. The first kappa shape index (κ1) is 18.7. The predicted octanol–water partition coefficient (Wildman–Crippen LogP) is 3.84. The van der Waals surface area contributed by atoms with Gasteiger partial charge in [-0.05, 0) is 31.2 Å². The van der Waals surface area contributed by atoms with Gasteiger partial charge in [0.25, 0.3) is 5.91 Å². The Kier molecular flexibility index (Phi) is 5.52. The lowest BCUT2D eigenvalue weighted by molar-refractivity contribution is 0.101. The average molecular weight is 412 g/mol. The molecule has 0 aromatic carbocycles. The molecule has 148 valence electrons. The summed E-state index contributed by atoms with van der Waals surface area (Å²) in [4.78, 5) is 25.2. The zero-order valence-electron chi connectivity index (χ0n) is 15.3. The Morgan fingerprint density at radius 1 is 1.07 bits per heavy atom. The fraction of sp³-hybridized carbons (Fsp3) is 0.158. The molecule has 9 nitrogen and oxygen atoms in total. The standard InChI is InChI=1S/C19H16N4O5S/c1-12-11-29-19(20-12)23-17(24)15-8-16(27-9-13-4-2-6-25-13)22-18(21-15)28-10-14-5-3-7-26-14/h2-8,11H,9-10H2,1H3,(H,20,23,24). The van der Waals surface area contributed by atoms with E-state index < -0.39 is 5.91 Å². The van der Waals surface area contributed by atoms with Gasteiger partial charge in [0.05, 0.1) is 18.2 Å². The van der Waals surface area contributed by atoms with Crippen molar-refractivity contribution in [3.63, 3.8) is 0 Å². The predicted molar refractivity (Wildman–Crippen MR) is 103 cm³/mol. The first-order valence-corrected chi connectivity index (χ1v) is 9.46. The van der Waals surface area contributed by atoms with Gasteiger partial charge in [-0.3, -0.25) is 10.1 Å². The van der Waals surface area contributed by atoms with E-state index >= 15 is 0 Å². The van der Waals surface area contributed by atoms with Gasteiger partial charge in [0, 0.05) is 11.4 Å². The SMILES string of the molecule is Cc1csc(NC(=O)c2cc(OCc3ccco3)nc(OCc3ccco3)n2)n1. The zero-order valence-corrected chi connectivity index (χ0v) is 16.1. The van der Waals surface area contributed by atoms with Gasteiger partial charge in [0.1, 0.15) is 30.4 Å². The molecule has 29 heavy (non-hydrogen) atoms. The number of nitrogens with one attached hydrogen (secondary N) is 1. The van der Waals surface area contributed by atoms with E-state index in [1.807, 2.05) is 12.3 Å². The lowest BCUT2D eigenvalue weighted by atomic mass is 10.4. The summed E-state index contributed by atoms with van der Waals surface area (Å²) in [5.74, 6) is 0.935. The molecule has 10 heteroatoms. The molecule has 0 unspecified atom stereocenters. The molecule has 1 amide bonds. The second kappa shape index (κ2) is 8.57. The summed E-state index contributed by atoms with van der Waals surface area (Å²) in [6, 6.07) is 8.45. The van der Waals surface area contributed by atoms with Crippen LogP contribution < -0.4 is 14.8 Å². The van der Waals surface area contributed by atoms with Gasteiger partial charge < -0.3 is 18.3 Å². The number of rotatable bonds is 8. The van der Waals surface area contributed by atoms with Crippen molar-refractivity contribution in [2.45, 2.75) is 20.1 Å². The Balaban J connectivity index is 1.53. The number of aryl methyl sites for hydroxylation is 1. The van der Waals surface area contributed by atoms with Gasteiger partial charge in [-0.2, -0.15) is 9.97 Å². The second-order valence-corrected chi connectivity index (χ2v) is 6.72. The number of hydrogen-bond acceptors (Lipinski definition) is 9. The highest BCUT2D eigenvalue weighted by Gasteiger charge is 2.16. The average Bonchev–Trinajstić information content (AvgIpc) is 3.48. The largest absolute Gasteiger partial charge is 0.469 e. The third kappa shape index (κ3) is 4.99. The molecule has 0 aliphatic carbocycles. The number of aromatic nitrogens is 3. The summed E-state index contributed by atoms with van der Waals surface area (Å²) in [5.41, 5.74) is 0.898. The Hall–Kier alpha value is -3.66. The van der Waals surface area contributed by atoms with Crippen LogP contribution in [0, 0.1) is 6.92 Å². The minimum Gasteiger partial charge on any atom is -0.469 e. The highest BCUT2D eigenvalue weighted by molar-refractivity contribution is 7.13. The molecule has 0 atom stereocenters. The lowest BCUT2D eigenvalue weighted by Crippen LogP contribution is -2.15. The lowest BCUT2D eigenvalue weighted by Gasteiger charge is -2.09. The van der Waals surface area contributed by atoms with Gasteiger partial charge in [-0.1, -0.05) is 0 Å². The van der Waals surface area contributed by atoms with E-state index in [1.54, 1.807) is 30.5 Å². The first-order chi connectivity index (χ1) is 14.2. The Morgan fingerprint density at radius 2 is 1.79 bits per heavy atom. The molecule has 0 saturated carbocycles. The smallest absolute Gasteiger partial charge is 0.320 e. The van der Waals surface area contributed by atoms with E-state index in [1.165, 1.54) is 23.7 Å². The number of anilines is 1. The maximum atomic E-state index is 12.6. The minimum atomic E-state index is -0.451. The molecule has 0 saturated heterocycles. The van der Waals surface area contributed by atoms with Gasteiger partial charge in [0.2, 0.25) is 5.88 Å². The number of carbonyl (C=O) groups is 1. The van der Waals surface area contributed by atoms with Crippen LogP contribution >= 0.6 is 11.3 Å². The van der Waals surface area contributed by atoms with Gasteiger partial charge in [-0.15, -0.1) is 11.3 Å². The van der Waals surface area contributed by atoms with Gasteiger partial charge in [-0.25, -0.2) is 4.98 Å². The molecule has 4 aromatic rings. The molecule has 0 radical (unpaired) electrons. The number of carbonyl (C=O) groups excluding carboxylic acids is 1.